The van der Waals surface area contributed by atoms with Crippen LogP contribution >= 0.6 is 11.8 Å². The Labute approximate surface area is 198 Å². The van der Waals surface area contributed by atoms with E-state index in [2.05, 4.69) is 15.5 Å². The summed E-state index contributed by atoms with van der Waals surface area (Å²) in [6.45, 7) is 2.39. The Morgan fingerprint density at radius 1 is 1.21 bits per heavy atom. The predicted molar refractivity (Wildman–Crippen MR) is 123 cm³/mol. The Hall–Kier alpha value is -3.66. The molecule has 3 heterocycles. The summed E-state index contributed by atoms with van der Waals surface area (Å²) in [5, 5.41) is 12.5. The van der Waals surface area contributed by atoms with Gasteiger partial charge in [0.25, 0.3) is 0 Å². The number of hydrogen-bond donors (Lipinski definition) is 0. The molecule has 6 rings (SSSR count). The predicted octanol–water partition coefficient (Wildman–Crippen LogP) is 4.18. The molecule has 10 heteroatoms. The highest BCUT2D eigenvalue weighted by Crippen LogP contribution is 2.45. The lowest BCUT2D eigenvalue weighted by Crippen LogP contribution is -2.17. The minimum Gasteiger partial charge on any atom is -0.489 e. The summed E-state index contributed by atoms with van der Waals surface area (Å²) in [6, 6.07) is 11.2. The fourth-order valence-electron chi connectivity index (χ4n) is 4.13. The van der Waals surface area contributed by atoms with Crippen molar-refractivity contribution in [3.8, 4) is 11.4 Å². The van der Waals surface area contributed by atoms with Gasteiger partial charge in [0.1, 0.15) is 16.8 Å². The molecule has 0 amide bonds. The second kappa shape index (κ2) is 8.28. The largest absolute Gasteiger partial charge is 0.489 e. The fourth-order valence-corrected chi connectivity index (χ4v) is 5.12. The van der Waals surface area contributed by atoms with Crippen LogP contribution in [0.4, 0.5) is 0 Å². The van der Waals surface area contributed by atoms with Crippen molar-refractivity contribution in [2.75, 3.05) is 19.0 Å². The number of carbonyl (C=O) groups excluding carboxylic acids is 2. The Kier molecular flexibility index (Phi) is 5.09. The van der Waals surface area contributed by atoms with Gasteiger partial charge in [0.15, 0.2) is 17.3 Å². The summed E-state index contributed by atoms with van der Waals surface area (Å²) < 4.78 is 18.4. The maximum atomic E-state index is 13.9. The van der Waals surface area contributed by atoms with E-state index in [4.69, 9.17) is 14.0 Å². The van der Waals surface area contributed by atoms with E-state index in [9.17, 15) is 9.59 Å². The summed E-state index contributed by atoms with van der Waals surface area (Å²) in [5.41, 5.74) is 2.85. The van der Waals surface area contributed by atoms with E-state index >= 15 is 0 Å². The quantitative estimate of drug-likeness (QED) is 0.299. The van der Waals surface area contributed by atoms with Gasteiger partial charge in [0.2, 0.25) is 5.69 Å². The average Bonchev–Trinajstić information content (AvgIpc) is 3.47. The van der Waals surface area contributed by atoms with Crippen LogP contribution in [0.15, 0.2) is 45.8 Å². The number of aromatic nitrogens is 4. The molecular weight excluding hydrogens is 456 g/mol. The Balaban J connectivity index is 1.49. The number of esters is 1. The molecule has 1 fully saturated rings. The van der Waals surface area contributed by atoms with E-state index in [0.29, 0.717) is 40.0 Å². The Bertz CT molecular complexity index is 1440. The lowest BCUT2D eigenvalue weighted by atomic mass is 9.98. The number of rotatable bonds is 6. The first kappa shape index (κ1) is 20.9. The molecule has 1 aliphatic heterocycles. The third kappa shape index (κ3) is 3.37. The minimum absolute atomic E-state index is 0.0735. The monoisotopic (exact) mass is 476 g/mol. The number of thioether (sulfide) groups is 1. The molecule has 2 aliphatic rings. The van der Waals surface area contributed by atoms with E-state index in [0.717, 1.165) is 23.9 Å². The molecule has 34 heavy (non-hydrogen) atoms. The van der Waals surface area contributed by atoms with Gasteiger partial charge < -0.3 is 14.0 Å². The zero-order valence-electron chi connectivity index (χ0n) is 18.3. The van der Waals surface area contributed by atoms with Gasteiger partial charge in [0.05, 0.1) is 23.6 Å². The molecule has 1 saturated carbocycles. The van der Waals surface area contributed by atoms with Crippen LogP contribution in [0, 0.1) is 0 Å². The van der Waals surface area contributed by atoms with E-state index in [1.54, 1.807) is 23.7 Å². The number of hydrogen-bond acceptors (Lipinski definition) is 9. The molecule has 172 valence electrons. The molecule has 0 bridgehead atoms. The molecule has 9 nitrogen and oxygen atoms in total. The highest BCUT2D eigenvalue weighted by Gasteiger charge is 2.38. The molecule has 0 radical (unpaired) electrons. The molecule has 0 atom stereocenters. The first-order chi connectivity index (χ1) is 16.7. The lowest BCUT2D eigenvalue weighted by molar-refractivity contribution is 0.0512. The van der Waals surface area contributed by atoms with Crippen LogP contribution in [0.2, 0.25) is 0 Å². The Morgan fingerprint density at radius 3 is 2.88 bits per heavy atom. The topological polar surface area (TPSA) is 109 Å². The standard InChI is InChI=1S/C24H20N4O5S/c1-2-31-24(30)19-18(21(33-26-19)13-7-8-13)20(29)14-9-10-17(22-23(14)34-12-11-32-22)28-16-6-4-3-5-15(16)25-27-28/h3-6,9-10,13H,2,7-8,11-12H2,1H3. The molecule has 0 N–H and O–H groups in total. The summed E-state index contributed by atoms with van der Waals surface area (Å²) in [7, 11) is 0. The highest BCUT2D eigenvalue weighted by molar-refractivity contribution is 7.99. The second-order valence-corrected chi connectivity index (χ2v) is 9.18. The third-order valence-electron chi connectivity index (χ3n) is 5.85. The van der Waals surface area contributed by atoms with Gasteiger partial charge in [-0.2, -0.15) is 0 Å². The number of ketones is 1. The summed E-state index contributed by atoms with van der Waals surface area (Å²) in [5.74, 6) is 0.823. The summed E-state index contributed by atoms with van der Waals surface area (Å²) in [4.78, 5) is 27.1. The Morgan fingerprint density at radius 2 is 2.06 bits per heavy atom. The molecule has 0 saturated heterocycles. The number of nitrogens with zero attached hydrogens (tertiary/aromatic N) is 4. The van der Waals surface area contributed by atoms with Crippen LogP contribution in [-0.4, -0.2) is 50.9 Å². The van der Waals surface area contributed by atoms with E-state index in [1.165, 1.54) is 11.8 Å². The van der Waals surface area contributed by atoms with Crippen LogP contribution in [0.3, 0.4) is 0 Å². The SMILES string of the molecule is CCOC(=O)c1noc(C2CC2)c1C(=O)c1ccc(-n2nnc3ccccc32)c2c1SCCO2. The van der Waals surface area contributed by atoms with Gasteiger partial charge in [-0.1, -0.05) is 22.5 Å². The highest BCUT2D eigenvalue weighted by atomic mass is 32.2. The molecular formula is C24H20N4O5S. The van der Waals surface area contributed by atoms with Crippen LogP contribution < -0.4 is 4.74 Å². The van der Waals surface area contributed by atoms with Gasteiger partial charge in [-0.3, -0.25) is 4.79 Å². The molecule has 2 aromatic heterocycles. The maximum Gasteiger partial charge on any atom is 0.361 e. The lowest BCUT2D eigenvalue weighted by Gasteiger charge is -2.22. The normalized spacial score (nSPS) is 15.1. The van der Waals surface area contributed by atoms with Crippen molar-refractivity contribution in [1.29, 1.82) is 0 Å². The number of carbonyl (C=O) groups is 2. The van der Waals surface area contributed by atoms with Gasteiger partial charge in [-0.15, -0.1) is 16.9 Å². The van der Waals surface area contributed by atoms with Crippen molar-refractivity contribution in [2.24, 2.45) is 0 Å². The fraction of sp³-hybridized carbons (Fsp3) is 0.292. The average molecular weight is 477 g/mol. The number of fused-ring (bicyclic) bond motifs is 2. The van der Waals surface area contributed by atoms with Gasteiger partial charge in [-0.05, 0) is 44.0 Å². The van der Waals surface area contributed by atoms with Gasteiger partial charge >= 0.3 is 5.97 Å². The molecule has 0 spiro atoms. The summed E-state index contributed by atoms with van der Waals surface area (Å²) in [6.07, 6.45) is 1.79. The molecule has 1 aliphatic carbocycles. The molecule has 0 unspecified atom stereocenters. The van der Waals surface area contributed by atoms with Crippen molar-refractivity contribution in [3.63, 3.8) is 0 Å². The zero-order chi connectivity index (χ0) is 23.2. The van der Waals surface area contributed by atoms with E-state index in [-0.39, 0.29) is 29.6 Å². The number of ether oxygens (including phenoxy) is 2. The van der Waals surface area contributed by atoms with E-state index in [1.807, 2.05) is 24.3 Å². The van der Waals surface area contributed by atoms with Crippen LogP contribution in [0.25, 0.3) is 16.7 Å². The zero-order valence-corrected chi connectivity index (χ0v) is 19.1. The van der Waals surface area contributed by atoms with Crippen molar-refractivity contribution in [3.05, 3.63) is 59.0 Å². The van der Waals surface area contributed by atoms with E-state index < -0.39 is 5.97 Å². The van der Waals surface area contributed by atoms with Crippen LogP contribution in [-0.2, 0) is 4.74 Å². The maximum absolute atomic E-state index is 13.9. The van der Waals surface area contributed by atoms with Crippen LogP contribution in [0.1, 0.15) is 57.9 Å². The van der Waals surface area contributed by atoms with Gasteiger partial charge in [-0.25, -0.2) is 9.48 Å². The molecule has 2 aromatic carbocycles. The first-order valence-corrected chi connectivity index (χ1v) is 12.1. The minimum atomic E-state index is -0.662. The number of para-hydroxylation sites is 1. The van der Waals surface area contributed by atoms with Gasteiger partial charge in [0, 0.05) is 17.2 Å². The van der Waals surface area contributed by atoms with Crippen molar-refractivity contribution < 1.29 is 23.6 Å². The number of benzene rings is 2. The van der Waals surface area contributed by atoms with Crippen molar-refractivity contribution in [2.45, 2.75) is 30.6 Å². The summed E-state index contributed by atoms with van der Waals surface area (Å²) >= 11 is 1.54. The van der Waals surface area contributed by atoms with Crippen molar-refractivity contribution >= 4 is 34.5 Å². The van der Waals surface area contributed by atoms with Crippen LogP contribution in [0.5, 0.6) is 5.75 Å². The molecule has 4 aromatic rings. The first-order valence-electron chi connectivity index (χ1n) is 11.1. The van der Waals surface area contributed by atoms with Crippen molar-refractivity contribution in [1.82, 2.24) is 20.2 Å². The third-order valence-corrected chi connectivity index (χ3v) is 6.92. The second-order valence-electron chi connectivity index (χ2n) is 8.07. The smallest absolute Gasteiger partial charge is 0.361 e.